The summed E-state index contributed by atoms with van der Waals surface area (Å²) in [5.74, 6) is -0.242. The molecule has 6 heteroatoms. The normalized spacial score (nSPS) is 25.4. The molecular formula is C12H14F3N3. The Labute approximate surface area is 103 Å². The summed E-state index contributed by atoms with van der Waals surface area (Å²) in [7, 11) is 0. The van der Waals surface area contributed by atoms with Crippen molar-refractivity contribution in [1.29, 1.82) is 5.26 Å². The first kappa shape index (κ1) is 12.9. The Kier molecular flexibility index (Phi) is 3.60. The topological polar surface area (TPSA) is 41.6 Å². The predicted octanol–water partition coefficient (Wildman–Crippen LogP) is 3.55. The lowest BCUT2D eigenvalue weighted by Gasteiger charge is -2.19. The lowest BCUT2D eigenvalue weighted by molar-refractivity contribution is -0.137. The Morgan fingerprint density at radius 2 is 2.00 bits per heavy atom. The molecular weight excluding hydrogens is 243 g/mol. The molecule has 2 unspecified atom stereocenters. The molecule has 1 fully saturated rings. The van der Waals surface area contributed by atoms with Crippen LogP contribution >= 0.6 is 0 Å². The molecule has 1 aromatic rings. The molecule has 1 aliphatic rings. The maximum atomic E-state index is 12.5. The maximum absolute atomic E-state index is 12.5. The van der Waals surface area contributed by atoms with Crippen molar-refractivity contribution < 1.29 is 13.2 Å². The zero-order chi connectivity index (χ0) is 13.2. The molecule has 0 bridgehead atoms. The minimum Gasteiger partial charge on any atom is -0.268 e. The van der Waals surface area contributed by atoms with Gasteiger partial charge in [-0.15, -0.1) is 0 Å². The van der Waals surface area contributed by atoms with E-state index in [1.807, 2.05) is 0 Å². The molecule has 1 heterocycles. The van der Waals surface area contributed by atoms with Crippen molar-refractivity contribution in [1.82, 2.24) is 9.78 Å². The average Bonchev–Trinajstić information content (AvgIpc) is 2.68. The van der Waals surface area contributed by atoms with Crippen LogP contribution in [0.15, 0.2) is 12.4 Å². The Morgan fingerprint density at radius 3 is 2.61 bits per heavy atom. The summed E-state index contributed by atoms with van der Waals surface area (Å²) < 4.78 is 38.8. The molecule has 18 heavy (non-hydrogen) atoms. The highest BCUT2D eigenvalue weighted by molar-refractivity contribution is 5.09. The van der Waals surface area contributed by atoms with Gasteiger partial charge < -0.3 is 0 Å². The largest absolute Gasteiger partial charge is 0.419 e. The lowest BCUT2D eigenvalue weighted by Crippen LogP contribution is -2.18. The minimum atomic E-state index is -4.37. The second-order valence-electron chi connectivity index (χ2n) is 4.65. The van der Waals surface area contributed by atoms with Crippen LogP contribution in [0.3, 0.4) is 0 Å². The van der Waals surface area contributed by atoms with E-state index in [1.165, 1.54) is 4.68 Å². The fourth-order valence-corrected chi connectivity index (χ4v) is 2.42. The van der Waals surface area contributed by atoms with E-state index in [0.717, 1.165) is 44.5 Å². The van der Waals surface area contributed by atoms with Crippen molar-refractivity contribution in [3.63, 3.8) is 0 Å². The minimum absolute atomic E-state index is 0.228. The first-order chi connectivity index (χ1) is 8.52. The number of hydrogen-bond acceptors (Lipinski definition) is 2. The molecule has 0 N–H and O–H groups in total. The predicted molar refractivity (Wildman–Crippen MR) is 58.5 cm³/mol. The second kappa shape index (κ2) is 5.01. The van der Waals surface area contributed by atoms with Crippen LogP contribution in [-0.2, 0) is 6.18 Å². The molecule has 0 radical (unpaired) electrons. The summed E-state index contributed by atoms with van der Waals surface area (Å²) in [5, 5.41) is 12.9. The van der Waals surface area contributed by atoms with Gasteiger partial charge in [-0.2, -0.15) is 23.5 Å². The zero-order valence-electron chi connectivity index (χ0n) is 9.82. The number of halogens is 3. The average molecular weight is 257 g/mol. The van der Waals surface area contributed by atoms with Crippen molar-refractivity contribution >= 4 is 0 Å². The van der Waals surface area contributed by atoms with Gasteiger partial charge in [-0.1, -0.05) is 19.3 Å². The fraction of sp³-hybridized carbons (Fsp3) is 0.667. The summed E-state index contributed by atoms with van der Waals surface area (Å²) in [6.07, 6.45) is 1.86. The van der Waals surface area contributed by atoms with E-state index in [0.29, 0.717) is 0 Å². The van der Waals surface area contributed by atoms with E-state index in [2.05, 4.69) is 11.2 Å². The van der Waals surface area contributed by atoms with Gasteiger partial charge in [-0.05, 0) is 12.8 Å². The summed E-state index contributed by atoms with van der Waals surface area (Å²) in [5.41, 5.74) is -0.747. The molecule has 0 amide bonds. The molecule has 1 aliphatic carbocycles. The highest BCUT2D eigenvalue weighted by atomic mass is 19.4. The third-order valence-corrected chi connectivity index (χ3v) is 3.41. The van der Waals surface area contributed by atoms with E-state index in [1.54, 1.807) is 0 Å². The van der Waals surface area contributed by atoms with Crippen LogP contribution in [-0.4, -0.2) is 9.78 Å². The van der Waals surface area contributed by atoms with E-state index in [9.17, 15) is 13.2 Å². The highest BCUT2D eigenvalue weighted by Gasteiger charge is 2.34. The quantitative estimate of drug-likeness (QED) is 0.722. The molecule has 1 saturated carbocycles. The van der Waals surface area contributed by atoms with Crippen molar-refractivity contribution in [3.05, 3.63) is 18.0 Å². The van der Waals surface area contributed by atoms with Crippen molar-refractivity contribution in [2.24, 2.45) is 5.92 Å². The summed E-state index contributed by atoms with van der Waals surface area (Å²) >= 11 is 0. The van der Waals surface area contributed by atoms with Crippen molar-refractivity contribution in [3.8, 4) is 6.07 Å². The van der Waals surface area contributed by atoms with E-state index in [4.69, 9.17) is 5.26 Å². The number of rotatable bonds is 1. The third kappa shape index (κ3) is 2.66. The molecule has 0 aromatic carbocycles. The monoisotopic (exact) mass is 257 g/mol. The zero-order valence-corrected chi connectivity index (χ0v) is 9.82. The first-order valence-electron chi connectivity index (χ1n) is 6.03. The SMILES string of the molecule is N#CC1CCCCCC1n1cc(C(F)(F)F)cn1. The molecule has 1 aromatic heterocycles. The highest BCUT2D eigenvalue weighted by Crippen LogP contribution is 2.34. The van der Waals surface area contributed by atoms with Crippen LogP contribution in [0.2, 0.25) is 0 Å². The third-order valence-electron chi connectivity index (χ3n) is 3.41. The smallest absolute Gasteiger partial charge is 0.268 e. The molecule has 0 saturated heterocycles. The Balaban J connectivity index is 2.23. The Bertz CT molecular complexity index is 444. The maximum Gasteiger partial charge on any atom is 0.419 e. The number of aromatic nitrogens is 2. The summed E-state index contributed by atoms with van der Waals surface area (Å²) in [6, 6.07) is 1.97. The van der Waals surface area contributed by atoms with Gasteiger partial charge in [0.05, 0.1) is 29.8 Å². The van der Waals surface area contributed by atoms with Crippen LogP contribution in [0.25, 0.3) is 0 Å². The standard InChI is InChI=1S/C12H14F3N3/c13-12(14,15)10-7-17-18(8-10)11-5-3-1-2-4-9(11)6-16/h7-9,11H,1-5H2. The number of alkyl halides is 3. The van der Waals surface area contributed by atoms with E-state index < -0.39 is 11.7 Å². The van der Waals surface area contributed by atoms with Crippen LogP contribution in [0, 0.1) is 17.2 Å². The molecule has 2 atom stereocenters. The van der Waals surface area contributed by atoms with E-state index in [-0.39, 0.29) is 12.0 Å². The molecule has 0 aliphatic heterocycles. The van der Waals surface area contributed by atoms with Gasteiger partial charge in [0, 0.05) is 6.20 Å². The lowest BCUT2D eigenvalue weighted by atomic mass is 9.96. The van der Waals surface area contributed by atoms with Gasteiger partial charge in [-0.3, -0.25) is 4.68 Å². The van der Waals surface area contributed by atoms with E-state index >= 15 is 0 Å². The molecule has 98 valence electrons. The molecule has 0 spiro atoms. The van der Waals surface area contributed by atoms with Gasteiger partial charge in [-0.25, -0.2) is 0 Å². The molecule has 3 nitrogen and oxygen atoms in total. The number of hydrogen-bond donors (Lipinski definition) is 0. The Morgan fingerprint density at radius 1 is 1.28 bits per heavy atom. The van der Waals surface area contributed by atoms with Crippen LogP contribution in [0.4, 0.5) is 13.2 Å². The van der Waals surface area contributed by atoms with Gasteiger partial charge >= 0.3 is 6.18 Å². The fourth-order valence-electron chi connectivity index (χ4n) is 2.42. The summed E-state index contributed by atoms with van der Waals surface area (Å²) in [6.45, 7) is 0. The van der Waals surface area contributed by atoms with Crippen LogP contribution < -0.4 is 0 Å². The number of nitriles is 1. The van der Waals surface area contributed by atoms with Crippen molar-refractivity contribution in [2.75, 3.05) is 0 Å². The van der Waals surface area contributed by atoms with Crippen LogP contribution in [0.1, 0.15) is 43.7 Å². The van der Waals surface area contributed by atoms with Gasteiger partial charge in [0.1, 0.15) is 0 Å². The van der Waals surface area contributed by atoms with Crippen molar-refractivity contribution in [2.45, 2.75) is 44.3 Å². The number of nitrogens with zero attached hydrogens (tertiary/aromatic N) is 3. The Hall–Kier alpha value is -1.51. The van der Waals surface area contributed by atoms with Gasteiger partial charge in [0.25, 0.3) is 0 Å². The van der Waals surface area contributed by atoms with Crippen LogP contribution in [0.5, 0.6) is 0 Å². The molecule has 2 rings (SSSR count). The van der Waals surface area contributed by atoms with Gasteiger partial charge in [0.2, 0.25) is 0 Å². The first-order valence-corrected chi connectivity index (χ1v) is 6.03. The van der Waals surface area contributed by atoms with Gasteiger partial charge in [0.15, 0.2) is 0 Å². The second-order valence-corrected chi connectivity index (χ2v) is 4.65. The summed E-state index contributed by atoms with van der Waals surface area (Å²) in [4.78, 5) is 0.